The van der Waals surface area contributed by atoms with Crippen LogP contribution in [0.1, 0.15) is 15.9 Å². The molecule has 2 aliphatic rings. The second-order valence-electron chi connectivity index (χ2n) is 7.01. The van der Waals surface area contributed by atoms with E-state index in [1.54, 1.807) is 24.3 Å². The molecule has 2 aliphatic heterocycles. The molecule has 8 heteroatoms. The van der Waals surface area contributed by atoms with E-state index in [0.717, 1.165) is 36.7 Å². The van der Waals surface area contributed by atoms with Gasteiger partial charge in [-0.15, -0.1) is 0 Å². The number of rotatable bonds is 6. The normalized spacial score (nSPS) is 15.9. The lowest BCUT2D eigenvalue weighted by molar-refractivity contribution is -0.119. The van der Waals surface area contributed by atoms with Gasteiger partial charge in [0, 0.05) is 32.7 Å². The molecule has 0 atom stereocenters. The van der Waals surface area contributed by atoms with Crippen molar-refractivity contribution in [1.29, 1.82) is 0 Å². The van der Waals surface area contributed by atoms with Crippen LogP contribution in [0, 0.1) is 0 Å². The van der Waals surface area contributed by atoms with E-state index in [9.17, 15) is 9.59 Å². The quantitative estimate of drug-likeness (QED) is 0.788. The van der Waals surface area contributed by atoms with Crippen molar-refractivity contribution in [3.05, 3.63) is 53.6 Å². The Kier molecular flexibility index (Phi) is 5.53. The number of primary amides is 1. The SMILES string of the molecule is NC(=O)COc1ccccc1C(=O)N1CCN(Cc2ccc3c(c2)OCO3)CC1. The highest BCUT2D eigenvalue weighted by molar-refractivity contribution is 5.97. The van der Waals surface area contributed by atoms with E-state index in [0.29, 0.717) is 24.4 Å². The van der Waals surface area contributed by atoms with Crippen LogP contribution in [-0.4, -0.2) is 61.2 Å². The summed E-state index contributed by atoms with van der Waals surface area (Å²) < 4.78 is 16.2. The van der Waals surface area contributed by atoms with Crippen LogP contribution < -0.4 is 19.9 Å². The summed E-state index contributed by atoms with van der Waals surface area (Å²) in [5.41, 5.74) is 6.73. The Morgan fingerprint density at radius 1 is 1.00 bits per heavy atom. The average Bonchev–Trinajstić information content (AvgIpc) is 3.20. The Bertz CT molecular complexity index is 909. The molecule has 2 heterocycles. The fourth-order valence-electron chi connectivity index (χ4n) is 3.49. The molecule has 29 heavy (non-hydrogen) atoms. The van der Waals surface area contributed by atoms with E-state index >= 15 is 0 Å². The molecule has 0 unspecified atom stereocenters. The number of hydrogen-bond acceptors (Lipinski definition) is 6. The molecule has 2 amide bonds. The molecule has 0 aromatic heterocycles. The highest BCUT2D eigenvalue weighted by atomic mass is 16.7. The highest BCUT2D eigenvalue weighted by Gasteiger charge is 2.25. The lowest BCUT2D eigenvalue weighted by atomic mass is 10.1. The van der Waals surface area contributed by atoms with Gasteiger partial charge in [-0.2, -0.15) is 0 Å². The third kappa shape index (κ3) is 4.43. The van der Waals surface area contributed by atoms with Gasteiger partial charge >= 0.3 is 0 Å². The van der Waals surface area contributed by atoms with Gasteiger partial charge in [0.05, 0.1) is 5.56 Å². The molecule has 0 saturated carbocycles. The van der Waals surface area contributed by atoms with Crippen molar-refractivity contribution >= 4 is 11.8 Å². The fourth-order valence-corrected chi connectivity index (χ4v) is 3.49. The zero-order valence-electron chi connectivity index (χ0n) is 16.0. The molecule has 152 valence electrons. The molecule has 2 N–H and O–H groups in total. The number of piperazine rings is 1. The number of hydrogen-bond donors (Lipinski definition) is 1. The Morgan fingerprint density at radius 3 is 2.55 bits per heavy atom. The van der Waals surface area contributed by atoms with Gasteiger partial charge < -0.3 is 24.8 Å². The van der Waals surface area contributed by atoms with Gasteiger partial charge in [-0.05, 0) is 29.8 Å². The minimum atomic E-state index is -0.579. The van der Waals surface area contributed by atoms with Crippen molar-refractivity contribution in [3.8, 4) is 17.2 Å². The number of fused-ring (bicyclic) bond motifs is 1. The number of benzene rings is 2. The number of ether oxygens (including phenoxy) is 3. The summed E-state index contributed by atoms with van der Waals surface area (Å²) in [7, 11) is 0. The molecule has 2 aromatic carbocycles. The van der Waals surface area contributed by atoms with E-state index in [1.165, 1.54) is 0 Å². The largest absolute Gasteiger partial charge is 0.483 e. The minimum Gasteiger partial charge on any atom is -0.483 e. The maximum Gasteiger partial charge on any atom is 0.257 e. The Balaban J connectivity index is 1.35. The number of nitrogens with two attached hydrogens (primary N) is 1. The van der Waals surface area contributed by atoms with Gasteiger partial charge in [0.1, 0.15) is 5.75 Å². The standard InChI is InChI=1S/C21H23N3O5/c22-20(25)13-27-17-4-2-1-3-16(17)21(26)24-9-7-23(8-10-24)12-15-5-6-18-19(11-15)29-14-28-18/h1-6,11H,7-10,12-14H2,(H2,22,25). The summed E-state index contributed by atoms with van der Waals surface area (Å²) in [4.78, 5) is 28.0. The Hall–Kier alpha value is -3.26. The minimum absolute atomic E-state index is 0.104. The first-order valence-corrected chi connectivity index (χ1v) is 9.50. The van der Waals surface area contributed by atoms with Crippen molar-refractivity contribution in [1.82, 2.24) is 9.80 Å². The summed E-state index contributed by atoms with van der Waals surface area (Å²) in [6.07, 6.45) is 0. The number of amides is 2. The summed E-state index contributed by atoms with van der Waals surface area (Å²) >= 11 is 0. The van der Waals surface area contributed by atoms with Gasteiger partial charge in [-0.25, -0.2) is 0 Å². The van der Waals surface area contributed by atoms with Gasteiger partial charge in [0.25, 0.3) is 11.8 Å². The first kappa shape index (κ1) is 19.1. The summed E-state index contributed by atoms with van der Waals surface area (Å²) in [5, 5.41) is 0. The molecule has 2 aromatic rings. The number of para-hydroxylation sites is 1. The number of nitrogens with zero attached hydrogens (tertiary/aromatic N) is 2. The fraction of sp³-hybridized carbons (Fsp3) is 0.333. The lowest BCUT2D eigenvalue weighted by Gasteiger charge is -2.35. The van der Waals surface area contributed by atoms with Crippen molar-refractivity contribution in [2.24, 2.45) is 5.73 Å². The third-order valence-corrected chi connectivity index (χ3v) is 4.99. The molecule has 0 bridgehead atoms. The molecule has 8 nitrogen and oxygen atoms in total. The van der Waals surface area contributed by atoms with Gasteiger partial charge in [-0.3, -0.25) is 14.5 Å². The van der Waals surface area contributed by atoms with E-state index in [2.05, 4.69) is 4.90 Å². The van der Waals surface area contributed by atoms with Crippen LogP contribution in [0.5, 0.6) is 17.2 Å². The predicted octanol–water partition coefficient (Wildman–Crippen LogP) is 1.24. The summed E-state index contributed by atoms with van der Waals surface area (Å²) in [6.45, 7) is 3.57. The van der Waals surface area contributed by atoms with Crippen LogP contribution in [0.2, 0.25) is 0 Å². The third-order valence-electron chi connectivity index (χ3n) is 4.99. The van der Waals surface area contributed by atoms with E-state index in [-0.39, 0.29) is 19.3 Å². The average molecular weight is 397 g/mol. The highest BCUT2D eigenvalue weighted by Crippen LogP contribution is 2.33. The monoisotopic (exact) mass is 397 g/mol. The molecular weight excluding hydrogens is 374 g/mol. The summed E-state index contributed by atoms with van der Waals surface area (Å²) in [5.74, 6) is 1.25. The van der Waals surface area contributed by atoms with Crippen LogP contribution in [0.25, 0.3) is 0 Å². The van der Waals surface area contributed by atoms with E-state index in [1.807, 2.05) is 23.1 Å². The lowest BCUT2D eigenvalue weighted by Crippen LogP contribution is -2.48. The molecule has 0 spiro atoms. The smallest absolute Gasteiger partial charge is 0.257 e. The summed E-state index contributed by atoms with van der Waals surface area (Å²) in [6, 6.07) is 12.9. The zero-order chi connectivity index (χ0) is 20.2. The van der Waals surface area contributed by atoms with Gasteiger partial charge in [0.15, 0.2) is 18.1 Å². The van der Waals surface area contributed by atoms with Crippen LogP contribution in [0.4, 0.5) is 0 Å². The molecule has 0 aliphatic carbocycles. The topological polar surface area (TPSA) is 94.3 Å². The Labute approximate surface area is 168 Å². The maximum atomic E-state index is 12.9. The zero-order valence-corrected chi connectivity index (χ0v) is 16.0. The van der Waals surface area contributed by atoms with Crippen molar-refractivity contribution < 1.29 is 23.8 Å². The first-order valence-electron chi connectivity index (χ1n) is 9.50. The van der Waals surface area contributed by atoms with Crippen molar-refractivity contribution in [2.75, 3.05) is 39.6 Å². The van der Waals surface area contributed by atoms with Crippen molar-refractivity contribution in [3.63, 3.8) is 0 Å². The number of carbonyl (C=O) groups excluding carboxylic acids is 2. The van der Waals surface area contributed by atoms with Gasteiger partial charge in [-0.1, -0.05) is 18.2 Å². The molecule has 1 fully saturated rings. The molecule has 1 saturated heterocycles. The van der Waals surface area contributed by atoms with Crippen molar-refractivity contribution in [2.45, 2.75) is 6.54 Å². The molecule has 0 radical (unpaired) electrons. The first-order chi connectivity index (χ1) is 14.1. The molecular formula is C21H23N3O5. The maximum absolute atomic E-state index is 12.9. The Morgan fingerprint density at radius 2 is 1.76 bits per heavy atom. The van der Waals surface area contributed by atoms with Crippen LogP contribution >= 0.6 is 0 Å². The van der Waals surface area contributed by atoms with E-state index < -0.39 is 5.91 Å². The second-order valence-corrected chi connectivity index (χ2v) is 7.01. The van der Waals surface area contributed by atoms with Crippen LogP contribution in [0.15, 0.2) is 42.5 Å². The number of carbonyl (C=O) groups is 2. The second kappa shape index (κ2) is 8.40. The molecule has 4 rings (SSSR count). The van der Waals surface area contributed by atoms with Crippen LogP contribution in [0.3, 0.4) is 0 Å². The van der Waals surface area contributed by atoms with E-state index in [4.69, 9.17) is 19.9 Å². The van der Waals surface area contributed by atoms with Crippen LogP contribution in [-0.2, 0) is 11.3 Å². The van der Waals surface area contributed by atoms with Gasteiger partial charge in [0.2, 0.25) is 6.79 Å². The predicted molar refractivity (Wildman–Crippen MR) is 105 cm³/mol.